The van der Waals surface area contributed by atoms with Gasteiger partial charge >= 0.3 is 0 Å². The van der Waals surface area contributed by atoms with Crippen molar-refractivity contribution in [3.63, 3.8) is 0 Å². The zero-order valence-electron chi connectivity index (χ0n) is 14.9. The third-order valence-corrected chi connectivity index (χ3v) is 5.27. The summed E-state index contributed by atoms with van der Waals surface area (Å²) < 4.78 is 32.6. The average Bonchev–Trinajstić information content (AvgIpc) is 3.26. The van der Waals surface area contributed by atoms with Crippen LogP contribution in [0.1, 0.15) is 18.9 Å². The highest BCUT2D eigenvalue weighted by atomic mass is 19.1. The van der Waals surface area contributed by atoms with Gasteiger partial charge in [-0.25, -0.2) is 8.78 Å². The highest BCUT2D eigenvalue weighted by Gasteiger charge is 2.18. The largest absolute Gasteiger partial charge is 0.317 e. The zero-order valence-corrected chi connectivity index (χ0v) is 14.9. The summed E-state index contributed by atoms with van der Waals surface area (Å²) in [6.07, 6.45) is 5.61. The summed E-state index contributed by atoms with van der Waals surface area (Å²) in [6, 6.07) is 6.83. The fraction of sp³-hybridized carbons (Fsp3) is 0.300. The molecule has 1 N–H and O–H groups in total. The van der Waals surface area contributed by atoms with Gasteiger partial charge in [-0.3, -0.25) is 9.36 Å². The van der Waals surface area contributed by atoms with E-state index in [0.29, 0.717) is 27.5 Å². The molecule has 0 aliphatic carbocycles. The lowest BCUT2D eigenvalue weighted by atomic mass is 10.0. The molecule has 5 rings (SSSR count). The van der Waals surface area contributed by atoms with Gasteiger partial charge < -0.3 is 5.32 Å². The van der Waals surface area contributed by atoms with Gasteiger partial charge in [-0.2, -0.15) is 10.2 Å². The van der Waals surface area contributed by atoms with Crippen LogP contribution >= 0.6 is 0 Å². The molecule has 0 amide bonds. The van der Waals surface area contributed by atoms with Crippen LogP contribution in [0.4, 0.5) is 8.78 Å². The molecule has 138 valence electrons. The zero-order chi connectivity index (χ0) is 18.5. The quantitative estimate of drug-likeness (QED) is 0.586. The second-order valence-corrected chi connectivity index (χ2v) is 7.18. The Bertz CT molecular complexity index is 1150. The molecule has 27 heavy (non-hydrogen) atoms. The standard InChI is InChI=1S/C20H19F2N5/c1-26-10-14-6-12(8-17(21)19(14)24-26)13-7-15-11-27(16-2-4-23-5-3-16)25-20(15)18(22)9-13/h6-11,16,23H,2-5H2,1H3. The van der Waals surface area contributed by atoms with Gasteiger partial charge in [-0.05, 0) is 61.3 Å². The number of halogens is 2. The van der Waals surface area contributed by atoms with E-state index in [2.05, 4.69) is 15.5 Å². The number of fused-ring (bicyclic) bond motifs is 2. The van der Waals surface area contributed by atoms with Crippen LogP contribution in [0, 0.1) is 11.6 Å². The molecular weight excluding hydrogens is 348 g/mol. The molecule has 5 nitrogen and oxygen atoms in total. The molecule has 1 aliphatic heterocycles. The van der Waals surface area contributed by atoms with Gasteiger partial charge in [0.2, 0.25) is 0 Å². The lowest BCUT2D eigenvalue weighted by Gasteiger charge is -2.22. The number of aromatic nitrogens is 4. The second-order valence-electron chi connectivity index (χ2n) is 7.18. The predicted molar refractivity (Wildman–Crippen MR) is 100 cm³/mol. The summed E-state index contributed by atoms with van der Waals surface area (Å²) in [7, 11) is 1.75. The number of benzene rings is 2. The molecule has 7 heteroatoms. The van der Waals surface area contributed by atoms with Gasteiger partial charge in [-0.1, -0.05) is 0 Å². The Balaban J connectivity index is 1.61. The van der Waals surface area contributed by atoms with E-state index >= 15 is 0 Å². The summed E-state index contributed by atoms with van der Waals surface area (Å²) in [5, 5.41) is 13.3. The highest BCUT2D eigenvalue weighted by Crippen LogP contribution is 2.31. The van der Waals surface area contributed by atoms with Crippen molar-refractivity contribution in [1.29, 1.82) is 0 Å². The van der Waals surface area contributed by atoms with Crippen LogP contribution in [0.15, 0.2) is 36.7 Å². The smallest absolute Gasteiger partial charge is 0.151 e. The SMILES string of the molecule is Cn1cc2cc(-c3cc(F)c4nn(C5CCNCC5)cc4c3)cc(F)c2n1. The van der Waals surface area contributed by atoms with Gasteiger partial charge in [0.1, 0.15) is 11.0 Å². The van der Waals surface area contributed by atoms with Crippen LogP contribution in [-0.4, -0.2) is 32.7 Å². The lowest BCUT2D eigenvalue weighted by Crippen LogP contribution is -2.29. The molecule has 0 radical (unpaired) electrons. The molecule has 0 atom stereocenters. The monoisotopic (exact) mass is 367 g/mol. The van der Waals surface area contributed by atoms with Gasteiger partial charge in [0.05, 0.1) is 6.04 Å². The maximum absolute atomic E-state index is 14.7. The number of piperidine rings is 1. The van der Waals surface area contributed by atoms with Crippen LogP contribution in [0.3, 0.4) is 0 Å². The fourth-order valence-corrected chi connectivity index (χ4v) is 3.91. The van der Waals surface area contributed by atoms with Crippen molar-refractivity contribution in [2.75, 3.05) is 13.1 Å². The van der Waals surface area contributed by atoms with Crippen molar-refractivity contribution in [3.05, 3.63) is 48.3 Å². The fourth-order valence-electron chi connectivity index (χ4n) is 3.91. The van der Waals surface area contributed by atoms with E-state index < -0.39 is 5.82 Å². The Hall–Kier alpha value is -2.80. The van der Waals surface area contributed by atoms with Crippen molar-refractivity contribution in [1.82, 2.24) is 24.9 Å². The number of nitrogens with one attached hydrogen (secondary N) is 1. The molecule has 1 fully saturated rings. The number of hydrogen-bond acceptors (Lipinski definition) is 3. The molecule has 2 aromatic heterocycles. The Morgan fingerprint density at radius 3 is 2.15 bits per heavy atom. The first kappa shape index (κ1) is 16.4. The van der Waals surface area contributed by atoms with E-state index in [1.807, 2.05) is 23.0 Å². The van der Waals surface area contributed by atoms with Crippen LogP contribution in [0.25, 0.3) is 32.9 Å². The molecule has 2 aromatic carbocycles. The Kier molecular flexibility index (Phi) is 3.72. The Morgan fingerprint density at radius 2 is 1.48 bits per heavy atom. The van der Waals surface area contributed by atoms with E-state index in [1.165, 1.54) is 12.1 Å². The molecule has 0 saturated carbocycles. The van der Waals surface area contributed by atoms with Crippen LogP contribution in [0.5, 0.6) is 0 Å². The third-order valence-electron chi connectivity index (χ3n) is 5.27. The summed E-state index contributed by atoms with van der Waals surface area (Å²) in [5.74, 6) is -0.795. The summed E-state index contributed by atoms with van der Waals surface area (Å²) in [6.45, 7) is 1.89. The Morgan fingerprint density at radius 1 is 0.889 bits per heavy atom. The van der Waals surface area contributed by atoms with Crippen molar-refractivity contribution in [2.45, 2.75) is 18.9 Å². The summed E-state index contributed by atoms with van der Waals surface area (Å²) >= 11 is 0. The van der Waals surface area contributed by atoms with E-state index in [1.54, 1.807) is 17.9 Å². The van der Waals surface area contributed by atoms with Crippen molar-refractivity contribution in [2.24, 2.45) is 7.05 Å². The number of nitrogens with zero attached hydrogens (tertiary/aromatic N) is 4. The molecule has 1 aliphatic rings. The molecule has 4 aromatic rings. The number of rotatable bonds is 2. The van der Waals surface area contributed by atoms with Gasteiger partial charge in [-0.15, -0.1) is 0 Å². The summed E-state index contributed by atoms with van der Waals surface area (Å²) in [4.78, 5) is 0. The number of aryl methyl sites for hydroxylation is 1. The maximum Gasteiger partial charge on any atom is 0.151 e. The maximum atomic E-state index is 14.7. The van der Waals surface area contributed by atoms with Crippen LogP contribution in [-0.2, 0) is 7.05 Å². The minimum absolute atomic E-state index is 0.283. The first-order chi connectivity index (χ1) is 13.1. The second kappa shape index (κ2) is 6.13. The lowest BCUT2D eigenvalue weighted by molar-refractivity contribution is 0.344. The first-order valence-electron chi connectivity index (χ1n) is 9.11. The summed E-state index contributed by atoms with van der Waals surface area (Å²) in [5.41, 5.74) is 1.94. The predicted octanol–water partition coefficient (Wildman–Crippen LogP) is 3.79. The van der Waals surface area contributed by atoms with Crippen molar-refractivity contribution in [3.8, 4) is 11.1 Å². The normalized spacial score (nSPS) is 15.8. The third kappa shape index (κ3) is 2.78. The van der Waals surface area contributed by atoms with Gasteiger partial charge in [0, 0.05) is 30.2 Å². The van der Waals surface area contributed by atoms with Crippen molar-refractivity contribution < 1.29 is 8.78 Å². The van der Waals surface area contributed by atoms with E-state index in [-0.39, 0.29) is 11.9 Å². The first-order valence-corrected chi connectivity index (χ1v) is 9.11. The Labute approximate surface area is 154 Å². The molecule has 1 saturated heterocycles. The van der Waals surface area contributed by atoms with E-state index in [0.717, 1.165) is 31.3 Å². The highest BCUT2D eigenvalue weighted by molar-refractivity contribution is 5.89. The minimum Gasteiger partial charge on any atom is -0.317 e. The topological polar surface area (TPSA) is 47.7 Å². The van der Waals surface area contributed by atoms with Gasteiger partial charge in [0.25, 0.3) is 0 Å². The molecular formula is C20H19F2N5. The van der Waals surface area contributed by atoms with Crippen LogP contribution < -0.4 is 5.32 Å². The van der Waals surface area contributed by atoms with Gasteiger partial charge in [0.15, 0.2) is 11.6 Å². The van der Waals surface area contributed by atoms with E-state index in [4.69, 9.17) is 0 Å². The van der Waals surface area contributed by atoms with Crippen LogP contribution in [0.2, 0.25) is 0 Å². The molecule has 3 heterocycles. The minimum atomic E-state index is -0.408. The van der Waals surface area contributed by atoms with Crippen molar-refractivity contribution >= 4 is 21.8 Å². The molecule has 0 bridgehead atoms. The number of hydrogen-bond donors (Lipinski definition) is 1. The molecule has 0 spiro atoms. The molecule has 0 unspecified atom stereocenters. The average molecular weight is 367 g/mol. The van der Waals surface area contributed by atoms with E-state index in [9.17, 15) is 8.78 Å².